The number of carbonyl (C=O) groups is 1. The summed E-state index contributed by atoms with van der Waals surface area (Å²) in [6.45, 7) is 0.971. The molecule has 0 unspecified atom stereocenters. The maximum absolute atomic E-state index is 12.3. The monoisotopic (exact) mass is 344 g/mol. The number of rotatable bonds is 5. The molecule has 0 spiro atoms. The van der Waals surface area contributed by atoms with E-state index in [4.69, 9.17) is 5.11 Å². The molecule has 0 aromatic carbocycles. The normalized spacial score (nSPS) is 25.4. The summed E-state index contributed by atoms with van der Waals surface area (Å²) in [6, 6.07) is -0.985. The number of hydrogen-bond donors (Lipinski definition) is 2. The molecule has 4 atom stereocenters. The van der Waals surface area contributed by atoms with E-state index in [0.717, 1.165) is 24.2 Å². The first-order valence-electron chi connectivity index (χ1n) is 7.30. The number of carbonyl (C=O) groups excluding carboxylic acids is 1. The summed E-state index contributed by atoms with van der Waals surface area (Å²) in [5.74, 6) is 0.486. The molecule has 1 aliphatic carbocycles. The molecule has 0 saturated heterocycles. The average molecular weight is 344 g/mol. The van der Waals surface area contributed by atoms with E-state index in [9.17, 15) is 22.2 Å². The summed E-state index contributed by atoms with van der Waals surface area (Å²) in [5, 5.41) is 11.5. The van der Waals surface area contributed by atoms with Crippen LogP contribution in [-0.2, 0) is 10.8 Å². The Bertz CT molecular complexity index is 406. The molecule has 1 rings (SSSR count). The molecule has 0 aromatic rings. The first kappa shape index (κ1) is 19.2. The molecule has 22 heavy (non-hydrogen) atoms. The summed E-state index contributed by atoms with van der Waals surface area (Å²) >= 11 is 0. The lowest BCUT2D eigenvalue weighted by Gasteiger charge is -2.33. The second-order valence-electron chi connectivity index (χ2n) is 5.49. The van der Waals surface area contributed by atoms with Gasteiger partial charge in [-0.25, -0.2) is 4.79 Å². The number of halogens is 3. The van der Waals surface area contributed by atoms with Crippen LogP contribution in [0.25, 0.3) is 0 Å². The van der Waals surface area contributed by atoms with Crippen molar-refractivity contribution in [2.75, 3.05) is 19.3 Å². The summed E-state index contributed by atoms with van der Waals surface area (Å²) in [4.78, 5) is 12.8. The van der Waals surface area contributed by atoms with Gasteiger partial charge in [-0.2, -0.15) is 13.2 Å². The number of urea groups is 1. The Morgan fingerprint density at radius 1 is 1.41 bits per heavy atom. The highest BCUT2D eigenvalue weighted by molar-refractivity contribution is 7.85. The summed E-state index contributed by atoms with van der Waals surface area (Å²) in [6.07, 6.45) is -4.11. The zero-order valence-corrected chi connectivity index (χ0v) is 13.5. The number of nitrogens with zero attached hydrogens (tertiary/aromatic N) is 1. The molecule has 1 saturated carbocycles. The second kappa shape index (κ2) is 8.14. The number of aliphatic hydroxyl groups excluding tert-OH is 1. The average Bonchev–Trinajstić information content (AvgIpc) is 2.45. The summed E-state index contributed by atoms with van der Waals surface area (Å²) in [5.41, 5.74) is 0. The van der Waals surface area contributed by atoms with Crippen molar-refractivity contribution in [3.8, 4) is 0 Å². The van der Waals surface area contributed by atoms with Crippen LogP contribution in [0.5, 0.6) is 0 Å². The maximum Gasteiger partial charge on any atom is 0.416 e. The van der Waals surface area contributed by atoms with E-state index in [2.05, 4.69) is 5.32 Å². The van der Waals surface area contributed by atoms with Crippen LogP contribution in [0.1, 0.15) is 32.6 Å². The lowest BCUT2D eigenvalue weighted by molar-refractivity contribution is -0.205. The fourth-order valence-electron chi connectivity index (χ4n) is 2.51. The van der Waals surface area contributed by atoms with Crippen LogP contribution in [0.4, 0.5) is 18.0 Å². The molecule has 0 heterocycles. The number of hydrogen-bond acceptors (Lipinski definition) is 3. The van der Waals surface area contributed by atoms with E-state index in [-0.39, 0.29) is 11.3 Å². The van der Waals surface area contributed by atoms with Gasteiger partial charge in [0.25, 0.3) is 0 Å². The number of alkyl halides is 3. The second-order valence-corrected chi connectivity index (χ2v) is 7.43. The number of aliphatic hydroxyl groups is 1. The molecule has 1 aliphatic rings. The molecule has 0 bridgehead atoms. The molecule has 2 N–H and O–H groups in total. The van der Waals surface area contributed by atoms with Crippen molar-refractivity contribution in [1.82, 2.24) is 10.2 Å². The maximum atomic E-state index is 12.3. The van der Waals surface area contributed by atoms with Gasteiger partial charge in [-0.3, -0.25) is 4.21 Å². The van der Waals surface area contributed by atoms with Crippen molar-refractivity contribution in [3.05, 3.63) is 0 Å². The van der Waals surface area contributed by atoms with Gasteiger partial charge in [-0.15, -0.1) is 0 Å². The first-order chi connectivity index (χ1) is 10.2. The Balaban J connectivity index is 2.60. The van der Waals surface area contributed by atoms with Gasteiger partial charge in [0.1, 0.15) is 0 Å². The van der Waals surface area contributed by atoms with Crippen LogP contribution in [0.15, 0.2) is 0 Å². The molecular weight excluding hydrogens is 321 g/mol. The fourth-order valence-corrected chi connectivity index (χ4v) is 3.93. The first-order valence-corrected chi connectivity index (χ1v) is 8.68. The van der Waals surface area contributed by atoms with Crippen LogP contribution in [0.3, 0.4) is 0 Å². The molecule has 5 nitrogen and oxygen atoms in total. The predicted octanol–water partition coefficient (Wildman–Crippen LogP) is 1.63. The van der Waals surface area contributed by atoms with Crippen molar-refractivity contribution in [3.63, 3.8) is 0 Å². The largest absolute Gasteiger partial charge is 0.416 e. The highest BCUT2D eigenvalue weighted by atomic mass is 32.2. The van der Waals surface area contributed by atoms with E-state index in [0.29, 0.717) is 12.2 Å². The van der Waals surface area contributed by atoms with Gasteiger partial charge in [0.2, 0.25) is 0 Å². The van der Waals surface area contributed by atoms with Gasteiger partial charge in [-0.1, -0.05) is 19.8 Å². The van der Waals surface area contributed by atoms with E-state index < -0.39 is 35.7 Å². The highest BCUT2D eigenvalue weighted by Crippen LogP contribution is 2.24. The van der Waals surface area contributed by atoms with Gasteiger partial charge in [-0.05, 0) is 12.8 Å². The smallest absolute Gasteiger partial charge is 0.382 e. The van der Waals surface area contributed by atoms with Crippen LogP contribution < -0.4 is 5.32 Å². The van der Waals surface area contributed by atoms with Crippen LogP contribution >= 0.6 is 0 Å². The number of nitrogens with one attached hydrogen (secondary N) is 1. The van der Waals surface area contributed by atoms with Gasteiger partial charge in [0, 0.05) is 29.6 Å². The lowest BCUT2D eigenvalue weighted by atomic mass is 9.95. The molecule has 9 heteroatoms. The molecule has 1 fully saturated rings. The Morgan fingerprint density at radius 2 is 2.00 bits per heavy atom. The topological polar surface area (TPSA) is 69.6 Å². The fraction of sp³-hybridized carbons (Fsp3) is 0.923. The van der Waals surface area contributed by atoms with E-state index in [1.807, 2.05) is 0 Å². The van der Waals surface area contributed by atoms with E-state index >= 15 is 0 Å². The van der Waals surface area contributed by atoms with Gasteiger partial charge < -0.3 is 15.3 Å². The minimum atomic E-state index is -4.76. The SMILES string of the molecule is CC[S@@](=O)[C@@H]1CCCC[C@@H]1NC(=O)N(C)C[C@H](O)C(F)(F)F. The lowest BCUT2D eigenvalue weighted by Crippen LogP contribution is -2.52. The van der Waals surface area contributed by atoms with Crippen molar-refractivity contribution in [2.45, 2.75) is 56.2 Å². The molecule has 130 valence electrons. The van der Waals surface area contributed by atoms with Crippen molar-refractivity contribution < 1.29 is 27.3 Å². The predicted molar refractivity (Wildman–Crippen MR) is 78.0 cm³/mol. The van der Waals surface area contributed by atoms with Gasteiger partial charge in [0.05, 0.1) is 11.8 Å². The Hall–Kier alpha value is -0.830. The van der Waals surface area contributed by atoms with Crippen LogP contribution in [0, 0.1) is 0 Å². The Labute approximate surface area is 130 Å². The Kier molecular flexibility index (Phi) is 7.11. The third-order valence-electron chi connectivity index (χ3n) is 3.80. The zero-order valence-electron chi connectivity index (χ0n) is 12.7. The summed E-state index contributed by atoms with van der Waals surface area (Å²) in [7, 11) is 0.133. The quantitative estimate of drug-likeness (QED) is 0.796. The standard InChI is InChI=1S/C13H23F3N2O3S/c1-3-22(21)10-7-5-4-6-9(10)17-12(20)18(2)8-11(19)13(14,15)16/h9-11,19H,3-8H2,1-2H3,(H,17,20)/t9-,10+,11-,22+/m0/s1. The minimum absolute atomic E-state index is 0.163. The molecule has 2 amide bonds. The zero-order chi connectivity index (χ0) is 16.9. The third-order valence-corrected chi connectivity index (χ3v) is 5.61. The van der Waals surface area contributed by atoms with Crippen LogP contribution in [-0.4, -0.2) is 63.2 Å². The molecule has 0 aromatic heterocycles. The number of amides is 2. The Morgan fingerprint density at radius 3 is 2.55 bits per heavy atom. The van der Waals surface area contributed by atoms with Crippen molar-refractivity contribution in [1.29, 1.82) is 0 Å². The van der Waals surface area contributed by atoms with Crippen LogP contribution in [0.2, 0.25) is 0 Å². The third kappa shape index (κ3) is 5.42. The highest BCUT2D eigenvalue weighted by Gasteiger charge is 2.40. The minimum Gasteiger partial charge on any atom is -0.382 e. The van der Waals surface area contributed by atoms with Gasteiger partial charge in [0.15, 0.2) is 6.10 Å². The van der Waals surface area contributed by atoms with Gasteiger partial charge >= 0.3 is 12.2 Å². The van der Waals surface area contributed by atoms with E-state index in [1.165, 1.54) is 7.05 Å². The molecular formula is C13H23F3N2O3S. The van der Waals surface area contributed by atoms with Crippen molar-refractivity contribution in [2.24, 2.45) is 0 Å². The van der Waals surface area contributed by atoms with Crippen molar-refractivity contribution >= 4 is 16.8 Å². The number of likely N-dealkylation sites (N-methyl/N-ethyl adjacent to an activating group) is 1. The summed E-state index contributed by atoms with van der Waals surface area (Å²) < 4.78 is 48.9. The van der Waals surface area contributed by atoms with E-state index in [1.54, 1.807) is 6.92 Å². The molecule has 0 aliphatic heterocycles. The molecule has 0 radical (unpaired) electrons.